The van der Waals surface area contributed by atoms with Crippen molar-refractivity contribution in [1.29, 1.82) is 0 Å². The van der Waals surface area contributed by atoms with Gasteiger partial charge in [-0.05, 0) is 36.8 Å². The number of hydrogen-bond acceptors (Lipinski definition) is 5. The van der Waals surface area contributed by atoms with Crippen LogP contribution in [0, 0.1) is 0 Å². The van der Waals surface area contributed by atoms with Gasteiger partial charge in [0.25, 0.3) is 0 Å². The summed E-state index contributed by atoms with van der Waals surface area (Å²) in [6.07, 6.45) is 3.69. The van der Waals surface area contributed by atoms with Gasteiger partial charge in [0.1, 0.15) is 13.2 Å². The van der Waals surface area contributed by atoms with Crippen LogP contribution in [-0.2, 0) is 14.3 Å². The first kappa shape index (κ1) is 21.2. The van der Waals surface area contributed by atoms with Gasteiger partial charge in [-0.3, -0.25) is 9.69 Å². The molecule has 0 saturated carbocycles. The fourth-order valence-electron chi connectivity index (χ4n) is 3.66. The summed E-state index contributed by atoms with van der Waals surface area (Å²) in [6.45, 7) is 5.23. The van der Waals surface area contributed by atoms with Crippen LogP contribution >= 0.6 is 11.8 Å². The Kier molecular flexibility index (Phi) is 6.84. The minimum absolute atomic E-state index is 0.00974. The number of carbonyl (C=O) groups excluding carboxylic acids is 3. The van der Waals surface area contributed by atoms with Crippen molar-refractivity contribution in [2.45, 2.75) is 37.6 Å². The van der Waals surface area contributed by atoms with E-state index in [1.165, 1.54) is 4.90 Å². The fraction of sp³-hybridized carbons (Fsp3) is 0.476. The highest BCUT2D eigenvalue weighted by Crippen LogP contribution is 2.35. The fourth-order valence-corrected chi connectivity index (χ4v) is 4.07. The zero-order valence-corrected chi connectivity index (χ0v) is 17.9. The maximum absolute atomic E-state index is 12.9. The molecule has 2 heterocycles. The summed E-state index contributed by atoms with van der Waals surface area (Å²) in [5, 5.41) is 2.88. The highest BCUT2D eigenvalue weighted by atomic mass is 32.2. The van der Waals surface area contributed by atoms with Crippen LogP contribution in [0.15, 0.2) is 40.4 Å². The molecule has 0 fully saturated rings. The van der Waals surface area contributed by atoms with Crippen molar-refractivity contribution >= 4 is 29.7 Å². The molecule has 0 unspecified atom stereocenters. The van der Waals surface area contributed by atoms with Crippen molar-refractivity contribution < 1.29 is 19.1 Å². The molecule has 3 amide bonds. The number of nitrogens with one attached hydrogen (secondary N) is 1. The monoisotopic (exact) mass is 417 g/mol. The topological polar surface area (TPSA) is 79.0 Å². The largest absolute Gasteiger partial charge is 0.456 e. The summed E-state index contributed by atoms with van der Waals surface area (Å²) in [5.41, 5.74) is 1.71. The number of amides is 3. The molecule has 0 saturated heterocycles. The van der Waals surface area contributed by atoms with Crippen molar-refractivity contribution in [3.63, 3.8) is 0 Å². The zero-order valence-electron chi connectivity index (χ0n) is 17.1. The van der Waals surface area contributed by atoms with Crippen molar-refractivity contribution in [2.75, 3.05) is 32.5 Å². The molecular formula is C21H27N3O4S. The Labute approximate surface area is 175 Å². The van der Waals surface area contributed by atoms with Gasteiger partial charge >= 0.3 is 12.0 Å². The lowest BCUT2D eigenvalue weighted by atomic mass is 9.96. The van der Waals surface area contributed by atoms with Gasteiger partial charge in [0.15, 0.2) is 0 Å². The van der Waals surface area contributed by atoms with Gasteiger partial charge in [-0.25, -0.2) is 9.59 Å². The van der Waals surface area contributed by atoms with Gasteiger partial charge in [-0.1, -0.05) is 26.0 Å². The van der Waals surface area contributed by atoms with Crippen LogP contribution in [0.5, 0.6) is 0 Å². The number of thioether (sulfide) groups is 1. The summed E-state index contributed by atoms with van der Waals surface area (Å²) in [7, 11) is 0. The molecule has 0 radical (unpaired) electrons. The highest BCUT2D eigenvalue weighted by Gasteiger charge is 2.43. The lowest BCUT2D eigenvalue weighted by Gasteiger charge is -2.34. The van der Waals surface area contributed by atoms with E-state index < -0.39 is 12.0 Å². The standard InChI is InChI=1S/C21H27N3O4S/c1-4-10-23(11-5-2)17(25)12-24-16-13-28-20(26)18(16)19(22-21(24)27)14-6-8-15(29-3)9-7-14/h6-9,19H,4-5,10-13H2,1-3H3,(H,22,27)/t19-/m1/s1. The predicted octanol–water partition coefficient (Wildman–Crippen LogP) is 2.93. The average molecular weight is 418 g/mol. The first-order valence-corrected chi connectivity index (χ1v) is 11.1. The Morgan fingerprint density at radius 3 is 2.45 bits per heavy atom. The van der Waals surface area contributed by atoms with E-state index in [1.807, 2.05) is 44.4 Å². The molecule has 156 valence electrons. The quantitative estimate of drug-likeness (QED) is 0.520. The van der Waals surface area contributed by atoms with Crippen LogP contribution in [0.25, 0.3) is 0 Å². The van der Waals surface area contributed by atoms with Crippen LogP contribution in [0.1, 0.15) is 38.3 Å². The molecule has 1 aromatic carbocycles. The van der Waals surface area contributed by atoms with E-state index in [1.54, 1.807) is 16.7 Å². The maximum atomic E-state index is 12.9. The summed E-state index contributed by atoms with van der Waals surface area (Å²) < 4.78 is 5.24. The third-order valence-corrected chi connectivity index (χ3v) is 5.82. The summed E-state index contributed by atoms with van der Waals surface area (Å²) in [6, 6.07) is 6.75. The first-order valence-electron chi connectivity index (χ1n) is 9.90. The van der Waals surface area contributed by atoms with E-state index in [9.17, 15) is 14.4 Å². The van der Waals surface area contributed by atoms with E-state index >= 15 is 0 Å². The Hall–Kier alpha value is -2.48. The first-order chi connectivity index (χ1) is 14.0. The smallest absolute Gasteiger partial charge is 0.338 e. The third-order valence-electron chi connectivity index (χ3n) is 5.08. The number of esters is 1. The molecule has 7 nitrogen and oxygen atoms in total. The lowest BCUT2D eigenvalue weighted by molar-refractivity contribution is -0.136. The van der Waals surface area contributed by atoms with Gasteiger partial charge in [0, 0.05) is 18.0 Å². The Morgan fingerprint density at radius 2 is 1.86 bits per heavy atom. The van der Waals surface area contributed by atoms with E-state index in [0.29, 0.717) is 24.4 Å². The van der Waals surface area contributed by atoms with Crippen LogP contribution in [-0.4, -0.2) is 60.2 Å². The molecule has 1 N–H and O–H groups in total. The van der Waals surface area contributed by atoms with Crippen molar-refractivity contribution in [1.82, 2.24) is 15.1 Å². The van der Waals surface area contributed by atoms with Gasteiger partial charge in [-0.2, -0.15) is 0 Å². The van der Waals surface area contributed by atoms with Gasteiger partial charge in [0.2, 0.25) is 5.91 Å². The summed E-state index contributed by atoms with van der Waals surface area (Å²) in [4.78, 5) is 42.3. The second-order valence-electron chi connectivity index (χ2n) is 7.06. The van der Waals surface area contributed by atoms with E-state index in [-0.39, 0.29) is 25.1 Å². The Balaban J connectivity index is 1.88. The van der Waals surface area contributed by atoms with Crippen molar-refractivity contribution in [3.05, 3.63) is 41.1 Å². The number of ether oxygens (including phenoxy) is 1. The zero-order chi connectivity index (χ0) is 21.0. The molecule has 2 aliphatic heterocycles. The third kappa shape index (κ3) is 4.42. The number of cyclic esters (lactones) is 1. The molecule has 0 aliphatic carbocycles. The Morgan fingerprint density at radius 1 is 1.21 bits per heavy atom. The second-order valence-corrected chi connectivity index (χ2v) is 7.94. The Bertz CT molecular complexity index is 816. The summed E-state index contributed by atoms with van der Waals surface area (Å²) in [5.74, 6) is -0.576. The molecule has 29 heavy (non-hydrogen) atoms. The number of hydrogen-bond donors (Lipinski definition) is 1. The molecule has 0 bridgehead atoms. The molecule has 0 spiro atoms. The van der Waals surface area contributed by atoms with Crippen molar-refractivity contribution in [2.24, 2.45) is 0 Å². The maximum Gasteiger partial charge on any atom is 0.338 e. The number of carbonyl (C=O) groups is 3. The van der Waals surface area contributed by atoms with E-state index in [4.69, 9.17) is 4.74 Å². The second kappa shape index (κ2) is 9.35. The van der Waals surface area contributed by atoms with Crippen LogP contribution in [0.3, 0.4) is 0 Å². The SMILES string of the molecule is CCCN(CCC)C(=O)CN1C(=O)N[C@H](c2ccc(SC)cc2)C2=C1COC2=O. The number of rotatable bonds is 8. The van der Waals surface area contributed by atoms with E-state index in [0.717, 1.165) is 23.3 Å². The predicted molar refractivity (Wildman–Crippen MR) is 111 cm³/mol. The van der Waals surface area contributed by atoms with Gasteiger partial charge < -0.3 is 15.0 Å². The molecule has 1 aromatic rings. The van der Waals surface area contributed by atoms with Crippen LogP contribution < -0.4 is 5.32 Å². The number of nitrogens with zero attached hydrogens (tertiary/aromatic N) is 2. The molecular weight excluding hydrogens is 390 g/mol. The van der Waals surface area contributed by atoms with Crippen LogP contribution in [0.4, 0.5) is 4.79 Å². The number of urea groups is 1. The number of benzene rings is 1. The normalized spacial score (nSPS) is 18.4. The minimum Gasteiger partial charge on any atom is -0.456 e. The van der Waals surface area contributed by atoms with Gasteiger partial charge in [0.05, 0.1) is 17.3 Å². The average Bonchev–Trinajstić information content (AvgIpc) is 3.11. The highest BCUT2D eigenvalue weighted by molar-refractivity contribution is 7.98. The summed E-state index contributed by atoms with van der Waals surface area (Å²) >= 11 is 1.62. The molecule has 3 rings (SSSR count). The van der Waals surface area contributed by atoms with E-state index in [2.05, 4.69) is 5.32 Å². The molecule has 0 aromatic heterocycles. The van der Waals surface area contributed by atoms with Gasteiger partial charge in [-0.15, -0.1) is 11.8 Å². The van der Waals surface area contributed by atoms with Crippen LogP contribution in [0.2, 0.25) is 0 Å². The molecule has 2 aliphatic rings. The minimum atomic E-state index is -0.572. The van der Waals surface area contributed by atoms with Crippen molar-refractivity contribution in [3.8, 4) is 0 Å². The lowest BCUT2D eigenvalue weighted by Crippen LogP contribution is -2.51. The molecule has 8 heteroatoms. The molecule has 1 atom stereocenters.